The predicted molar refractivity (Wildman–Crippen MR) is 81.0 cm³/mol. The molecule has 2 nitrogen and oxygen atoms in total. The summed E-state index contributed by atoms with van der Waals surface area (Å²) in [6.45, 7) is 0. The van der Waals surface area contributed by atoms with Crippen LogP contribution in [-0.2, 0) is 4.79 Å². The van der Waals surface area contributed by atoms with Crippen molar-refractivity contribution in [1.29, 1.82) is 0 Å². The van der Waals surface area contributed by atoms with Gasteiger partial charge in [-0.15, -0.1) is 0 Å². The van der Waals surface area contributed by atoms with Gasteiger partial charge in [0.15, 0.2) is 0 Å². The maximum absolute atomic E-state index is 11.3. The van der Waals surface area contributed by atoms with E-state index in [1.54, 1.807) is 0 Å². The number of carbonyl (C=O) groups is 1. The number of anilines is 1. The van der Waals surface area contributed by atoms with Crippen molar-refractivity contribution < 1.29 is 4.79 Å². The predicted octanol–water partition coefficient (Wildman–Crippen LogP) is 4.20. The van der Waals surface area contributed by atoms with Crippen molar-refractivity contribution >= 4 is 34.0 Å². The molecule has 0 aromatic heterocycles. The zero-order valence-corrected chi connectivity index (χ0v) is 11.7. The summed E-state index contributed by atoms with van der Waals surface area (Å²) in [5.41, 5.74) is 3.94. The van der Waals surface area contributed by atoms with Gasteiger partial charge in [0.2, 0.25) is 0 Å². The van der Waals surface area contributed by atoms with Crippen molar-refractivity contribution in [2.24, 2.45) is 0 Å². The third-order valence-electron chi connectivity index (χ3n) is 3.26. The lowest BCUT2D eigenvalue weighted by Gasteiger charge is -2.26. The van der Waals surface area contributed by atoms with Crippen molar-refractivity contribution in [1.82, 2.24) is 0 Å². The number of hydrogen-bond donors (Lipinski definition) is 1. The highest BCUT2D eigenvalue weighted by atomic mass is 79.9. The SMILES string of the molecule is O=CC1=Cc2ccccc2N[C@@H]1c1ccc(Br)cc1. The molecule has 2 aromatic rings. The fraction of sp³-hybridized carbons (Fsp3) is 0.0625. The largest absolute Gasteiger partial charge is 0.374 e. The Labute approximate surface area is 120 Å². The summed E-state index contributed by atoms with van der Waals surface area (Å²) in [6.07, 6.45) is 2.88. The molecule has 0 saturated carbocycles. The molecule has 19 heavy (non-hydrogen) atoms. The molecule has 1 aliphatic heterocycles. The lowest BCUT2D eigenvalue weighted by Crippen LogP contribution is -2.18. The van der Waals surface area contributed by atoms with Gasteiger partial charge in [-0.25, -0.2) is 0 Å². The molecule has 3 rings (SSSR count). The maximum Gasteiger partial charge on any atom is 0.148 e. The molecule has 3 heteroatoms. The maximum atomic E-state index is 11.3. The highest BCUT2D eigenvalue weighted by molar-refractivity contribution is 9.10. The normalized spacial score (nSPS) is 17.1. The number of nitrogens with one attached hydrogen (secondary N) is 1. The van der Waals surface area contributed by atoms with E-state index in [-0.39, 0.29) is 6.04 Å². The summed E-state index contributed by atoms with van der Waals surface area (Å²) in [7, 11) is 0. The summed E-state index contributed by atoms with van der Waals surface area (Å²) in [5.74, 6) is 0. The Morgan fingerprint density at radius 3 is 2.53 bits per heavy atom. The van der Waals surface area contributed by atoms with E-state index in [1.165, 1.54) is 0 Å². The summed E-state index contributed by atoms with van der Waals surface area (Å²) in [6, 6.07) is 15.9. The van der Waals surface area contributed by atoms with Gasteiger partial charge in [0, 0.05) is 15.7 Å². The minimum absolute atomic E-state index is 0.0829. The number of carbonyl (C=O) groups excluding carboxylic acids is 1. The lowest BCUT2D eigenvalue weighted by atomic mass is 9.93. The number of fused-ring (bicyclic) bond motifs is 1. The average Bonchev–Trinajstić information content (AvgIpc) is 2.46. The Bertz CT molecular complexity index is 646. The molecule has 1 heterocycles. The molecular weight excluding hydrogens is 302 g/mol. The number of hydrogen-bond acceptors (Lipinski definition) is 2. The van der Waals surface area contributed by atoms with Gasteiger partial charge in [-0.05, 0) is 35.4 Å². The van der Waals surface area contributed by atoms with Gasteiger partial charge in [-0.2, -0.15) is 0 Å². The molecule has 0 saturated heterocycles. The standard InChI is InChI=1S/C16H12BrNO/c17-14-7-5-11(6-8-14)16-13(10-19)9-12-3-1-2-4-15(12)18-16/h1-10,16,18H/t16-/m1/s1. The first-order valence-corrected chi connectivity index (χ1v) is 6.85. The van der Waals surface area contributed by atoms with E-state index in [2.05, 4.69) is 21.2 Å². The highest BCUT2D eigenvalue weighted by Crippen LogP contribution is 2.34. The van der Waals surface area contributed by atoms with Crippen molar-refractivity contribution in [2.75, 3.05) is 5.32 Å². The van der Waals surface area contributed by atoms with Gasteiger partial charge in [-0.1, -0.05) is 46.3 Å². The Hall–Kier alpha value is -1.87. The smallest absolute Gasteiger partial charge is 0.148 e. The van der Waals surface area contributed by atoms with Crippen molar-refractivity contribution in [2.45, 2.75) is 6.04 Å². The fourth-order valence-electron chi connectivity index (χ4n) is 2.29. The molecule has 0 amide bonds. The number of halogens is 1. The molecule has 0 fully saturated rings. The van der Waals surface area contributed by atoms with Crippen LogP contribution in [0.1, 0.15) is 17.2 Å². The summed E-state index contributed by atoms with van der Waals surface area (Å²) in [5, 5.41) is 3.42. The fourth-order valence-corrected chi connectivity index (χ4v) is 2.55. The quantitative estimate of drug-likeness (QED) is 0.842. The second-order valence-corrected chi connectivity index (χ2v) is 5.39. The topological polar surface area (TPSA) is 29.1 Å². The second kappa shape index (κ2) is 5.02. The first-order chi connectivity index (χ1) is 9.28. The van der Waals surface area contributed by atoms with Crippen LogP contribution >= 0.6 is 15.9 Å². The molecule has 94 valence electrons. The zero-order chi connectivity index (χ0) is 13.2. The van der Waals surface area contributed by atoms with Crippen LogP contribution in [0.5, 0.6) is 0 Å². The third kappa shape index (κ3) is 2.34. The third-order valence-corrected chi connectivity index (χ3v) is 3.78. The van der Waals surface area contributed by atoms with Crippen LogP contribution in [0.15, 0.2) is 58.6 Å². The van der Waals surface area contributed by atoms with Crippen LogP contribution in [0.4, 0.5) is 5.69 Å². The summed E-state index contributed by atoms with van der Waals surface area (Å²) in [4.78, 5) is 11.3. The van der Waals surface area contributed by atoms with Gasteiger partial charge in [0.1, 0.15) is 6.29 Å². The van der Waals surface area contributed by atoms with Crippen molar-refractivity contribution in [3.8, 4) is 0 Å². The van der Waals surface area contributed by atoms with Crippen LogP contribution in [0, 0.1) is 0 Å². The van der Waals surface area contributed by atoms with E-state index in [4.69, 9.17) is 0 Å². The molecule has 1 atom stereocenters. The van der Waals surface area contributed by atoms with Gasteiger partial charge >= 0.3 is 0 Å². The van der Waals surface area contributed by atoms with E-state index < -0.39 is 0 Å². The van der Waals surface area contributed by atoms with E-state index in [0.29, 0.717) is 0 Å². The van der Waals surface area contributed by atoms with Gasteiger partial charge in [-0.3, -0.25) is 4.79 Å². The van der Waals surface area contributed by atoms with Crippen LogP contribution in [0.3, 0.4) is 0 Å². The highest BCUT2D eigenvalue weighted by Gasteiger charge is 2.21. The van der Waals surface area contributed by atoms with Crippen LogP contribution in [-0.4, -0.2) is 6.29 Å². The molecule has 2 aromatic carbocycles. The molecule has 0 radical (unpaired) electrons. The Kier molecular flexibility index (Phi) is 3.22. The molecule has 0 bridgehead atoms. The molecule has 1 N–H and O–H groups in total. The number of benzene rings is 2. The molecule has 1 aliphatic rings. The Morgan fingerprint density at radius 2 is 1.79 bits per heavy atom. The number of para-hydroxylation sites is 1. The first kappa shape index (κ1) is 12.2. The lowest BCUT2D eigenvalue weighted by molar-refractivity contribution is -0.105. The molecule has 0 spiro atoms. The summed E-state index contributed by atoms with van der Waals surface area (Å²) < 4.78 is 1.03. The Balaban J connectivity index is 2.04. The monoisotopic (exact) mass is 313 g/mol. The van der Waals surface area contributed by atoms with Crippen LogP contribution in [0.2, 0.25) is 0 Å². The minimum Gasteiger partial charge on any atom is -0.374 e. The van der Waals surface area contributed by atoms with Gasteiger partial charge in [0.25, 0.3) is 0 Å². The van der Waals surface area contributed by atoms with Crippen LogP contribution in [0.25, 0.3) is 6.08 Å². The molecular formula is C16H12BrNO. The van der Waals surface area contributed by atoms with E-state index in [0.717, 1.165) is 33.1 Å². The van der Waals surface area contributed by atoms with E-state index in [9.17, 15) is 4.79 Å². The van der Waals surface area contributed by atoms with Crippen LogP contribution < -0.4 is 5.32 Å². The zero-order valence-electron chi connectivity index (χ0n) is 10.1. The number of rotatable bonds is 2. The summed E-state index contributed by atoms with van der Waals surface area (Å²) >= 11 is 3.42. The van der Waals surface area contributed by atoms with Gasteiger partial charge < -0.3 is 5.32 Å². The van der Waals surface area contributed by atoms with Crippen molar-refractivity contribution in [3.63, 3.8) is 0 Å². The first-order valence-electron chi connectivity index (χ1n) is 6.06. The van der Waals surface area contributed by atoms with Crippen molar-refractivity contribution in [3.05, 3.63) is 69.7 Å². The minimum atomic E-state index is -0.0829. The van der Waals surface area contributed by atoms with E-state index >= 15 is 0 Å². The second-order valence-electron chi connectivity index (χ2n) is 4.48. The Morgan fingerprint density at radius 1 is 1.05 bits per heavy atom. The molecule has 0 aliphatic carbocycles. The number of aldehydes is 1. The van der Waals surface area contributed by atoms with E-state index in [1.807, 2.05) is 54.6 Å². The average molecular weight is 314 g/mol. The molecule has 0 unspecified atom stereocenters. The van der Waals surface area contributed by atoms with Gasteiger partial charge in [0.05, 0.1) is 6.04 Å².